The minimum absolute atomic E-state index is 0.0184. The number of pyridine rings is 1. The molecule has 32 heavy (non-hydrogen) atoms. The molecule has 0 radical (unpaired) electrons. The van der Waals surface area contributed by atoms with E-state index in [1.54, 1.807) is 20.4 Å². The predicted molar refractivity (Wildman–Crippen MR) is 122 cm³/mol. The molecule has 0 unspecified atom stereocenters. The van der Waals surface area contributed by atoms with Gasteiger partial charge in [0, 0.05) is 25.9 Å². The number of hydrogen-bond donors (Lipinski definition) is 1. The number of ether oxygens (including phenoxy) is 3. The molecule has 1 N–H and O–H groups in total. The van der Waals surface area contributed by atoms with Crippen LogP contribution in [-0.2, 0) is 16.1 Å². The second-order valence-corrected chi connectivity index (χ2v) is 8.57. The number of rotatable bonds is 8. The van der Waals surface area contributed by atoms with E-state index in [1.165, 1.54) is 5.56 Å². The number of methoxy groups -OCH3 is 2. The topological polar surface area (TPSA) is 72.9 Å². The third kappa shape index (κ3) is 5.40. The molecular formula is C25H33N3O4. The number of piperidine rings is 1. The Labute approximate surface area is 190 Å². The number of carbonyl (C=O) groups is 1. The quantitative estimate of drug-likeness (QED) is 0.680. The number of nitrogens with zero attached hydrogens (tertiary/aromatic N) is 2. The number of nitrogens with one attached hydrogen (secondary N) is 1. The molecule has 1 aromatic heterocycles. The second kappa shape index (κ2) is 10.8. The Hall–Kier alpha value is -2.64. The number of hydrogen-bond acceptors (Lipinski definition) is 6. The van der Waals surface area contributed by atoms with Crippen LogP contribution in [0, 0.1) is 5.92 Å². The first kappa shape index (κ1) is 22.6. The van der Waals surface area contributed by atoms with Crippen molar-refractivity contribution in [3.63, 3.8) is 0 Å². The summed E-state index contributed by atoms with van der Waals surface area (Å²) in [6.45, 7) is 3.40. The molecule has 2 aromatic rings. The summed E-state index contributed by atoms with van der Waals surface area (Å²) < 4.78 is 16.4. The minimum atomic E-state index is -0.340. The molecule has 3 atom stereocenters. The summed E-state index contributed by atoms with van der Waals surface area (Å²) in [5, 5.41) is 3.27. The van der Waals surface area contributed by atoms with Crippen LogP contribution in [0.25, 0.3) is 0 Å². The lowest BCUT2D eigenvalue weighted by atomic mass is 9.88. The summed E-state index contributed by atoms with van der Waals surface area (Å²) in [7, 11) is 3.31. The fraction of sp³-hybridized carbons (Fsp3) is 0.520. The molecule has 0 bridgehead atoms. The molecule has 172 valence electrons. The first-order valence-corrected chi connectivity index (χ1v) is 11.4. The molecule has 0 spiro atoms. The molecule has 1 amide bonds. The molecule has 7 nitrogen and oxygen atoms in total. The lowest BCUT2D eigenvalue weighted by Gasteiger charge is -2.37. The van der Waals surface area contributed by atoms with Crippen LogP contribution in [0.5, 0.6) is 11.5 Å². The van der Waals surface area contributed by atoms with E-state index in [0.717, 1.165) is 62.5 Å². The number of likely N-dealkylation sites (tertiary alicyclic amines) is 1. The number of carbonyl (C=O) groups excluding carboxylic acids is 1. The van der Waals surface area contributed by atoms with Gasteiger partial charge in [0.1, 0.15) is 6.10 Å². The SMILES string of the molecule is COc1ccc(CN2CCC[C@H]([C@@H](NC(=O)[C@H]3CCCO3)c3ccccn3)C2)cc1OC. The van der Waals surface area contributed by atoms with Crippen LogP contribution in [0.1, 0.15) is 43.0 Å². The van der Waals surface area contributed by atoms with Crippen LogP contribution in [0.3, 0.4) is 0 Å². The summed E-state index contributed by atoms with van der Waals surface area (Å²) >= 11 is 0. The second-order valence-electron chi connectivity index (χ2n) is 8.57. The van der Waals surface area contributed by atoms with Crippen LogP contribution in [0.15, 0.2) is 42.6 Å². The molecule has 2 aliphatic rings. The van der Waals surface area contributed by atoms with E-state index in [4.69, 9.17) is 14.2 Å². The van der Waals surface area contributed by atoms with E-state index in [-0.39, 0.29) is 24.0 Å². The number of aromatic nitrogens is 1. The highest BCUT2D eigenvalue weighted by atomic mass is 16.5. The van der Waals surface area contributed by atoms with E-state index < -0.39 is 0 Å². The molecule has 0 aliphatic carbocycles. The van der Waals surface area contributed by atoms with Gasteiger partial charge in [0.2, 0.25) is 5.91 Å². The van der Waals surface area contributed by atoms with E-state index >= 15 is 0 Å². The van der Waals surface area contributed by atoms with Crippen molar-refractivity contribution in [2.45, 2.75) is 44.4 Å². The maximum atomic E-state index is 12.9. The lowest BCUT2D eigenvalue weighted by molar-refractivity contribution is -0.131. The van der Waals surface area contributed by atoms with Gasteiger partial charge in [-0.05, 0) is 68.0 Å². The zero-order valence-electron chi connectivity index (χ0n) is 19.0. The van der Waals surface area contributed by atoms with Crippen LogP contribution < -0.4 is 14.8 Å². The first-order valence-electron chi connectivity index (χ1n) is 11.4. The van der Waals surface area contributed by atoms with Gasteiger partial charge in [-0.3, -0.25) is 14.7 Å². The summed E-state index contributed by atoms with van der Waals surface area (Å²) in [5.41, 5.74) is 2.10. The highest BCUT2D eigenvalue weighted by molar-refractivity contribution is 5.81. The Morgan fingerprint density at radius 2 is 2.06 bits per heavy atom. The third-order valence-corrected chi connectivity index (χ3v) is 6.39. The van der Waals surface area contributed by atoms with Gasteiger partial charge in [-0.25, -0.2) is 0 Å². The fourth-order valence-corrected chi connectivity index (χ4v) is 4.77. The largest absolute Gasteiger partial charge is 0.493 e. The van der Waals surface area contributed by atoms with E-state index in [9.17, 15) is 4.79 Å². The van der Waals surface area contributed by atoms with Gasteiger partial charge in [0.15, 0.2) is 11.5 Å². The van der Waals surface area contributed by atoms with Crippen molar-refractivity contribution in [2.24, 2.45) is 5.92 Å². The van der Waals surface area contributed by atoms with Gasteiger partial charge >= 0.3 is 0 Å². The van der Waals surface area contributed by atoms with Crippen molar-refractivity contribution in [3.8, 4) is 11.5 Å². The maximum Gasteiger partial charge on any atom is 0.249 e. The van der Waals surface area contributed by atoms with E-state index in [0.29, 0.717) is 6.61 Å². The Balaban J connectivity index is 1.47. The van der Waals surface area contributed by atoms with Gasteiger partial charge in [-0.1, -0.05) is 12.1 Å². The van der Waals surface area contributed by atoms with E-state index in [2.05, 4.69) is 21.3 Å². The average molecular weight is 440 g/mol. The van der Waals surface area contributed by atoms with Crippen LogP contribution >= 0.6 is 0 Å². The summed E-state index contributed by atoms with van der Waals surface area (Å²) in [4.78, 5) is 19.9. The fourth-order valence-electron chi connectivity index (χ4n) is 4.77. The minimum Gasteiger partial charge on any atom is -0.493 e. The van der Waals surface area contributed by atoms with Crippen molar-refractivity contribution in [3.05, 3.63) is 53.9 Å². The summed E-state index contributed by atoms with van der Waals surface area (Å²) in [6, 6.07) is 11.9. The Morgan fingerprint density at radius 3 is 2.78 bits per heavy atom. The van der Waals surface area contributed by atoms with E-state index in [1.807, 2.05) is 30.3 Å². The standard InChI is InChI=1S/C25H33N3O4/c1-30-21-11-10-18(15-23(21)31-2)16-28-13-5-7-19(17-28)24(20-8-3-4-12-26-20)27-25(29)22-9-6-14-32-22/h3-4,8,10-12,15,19,22,24H,5-7,9,13-14,16-17H2,1-2H3,(H,27,29)/t19-,22+,24+/m0/s1. The molecule has 0 saturated carbocycles. The Kier molecular flexibility index (Phi) is 7.60. The van der Waals surface area contributed by atoms with Crippen molar-refractivity contribution < 1.29 is 19.0 Å². The zero-order valence-corrected chi connectivity index (χ0v) is 19.0. The monoisotopic (exact) mass is 439 g/mol. The van der Waals surface area contributed by atoms with Gasteiger partial charge in [0.05, 0.1) is 26.0 Å². The van der Waals surface area contributed by atoms with Crippen molar-refractivity contribution in [1.82, 2.24) is 15.2 Å². The van der Waals surface area contributed by atoms with Crippen LogP contribution in [-0.4, -0.2) is 55.8 Å². The molecule has 1 aromatic carbocycles. The first-order chi connectivity index (χ1) is 15.7. The molecule has 2 saturated heterocycles. The highest BCUT2D eigenvalue weighted by Gasteiger charge is 2.33. The average Bonchev–Trinajstić information content (AvgIpc) is 3.38. The van der Waals surface area contributed by atoms with Crippen LogP contribution in [0.4, 0.5) is 0 Å². The summed E-state index contributed by atoms with van der Waals surface area (Å²) in [6.07, 6.45) is 5.32. The van der Waals surface area contributed by atoms with Gasteiger partial charge < -0.3 is 19.5 Å². The van der Waals surface area contributed by atoms with Crippen molar-refractivity contribution in [1.29, 1.82) is 0 Å². The summed E-state index contributed by atoms with van der Waals surface area (Å²) in [5.74, 6) is 1.74. The highest BCUT2D eigenvalue weighted by Crippen LogP contribution is 2.32. The molecule has 4 rings (SSSR count). The maximum absolute atomic E-state index is 12.9. The van der Waals surface area contributed by atoms with Gasteiger partial charge in [-0.15, -0.1) is 0 Å². The molecule has 7 heteroatoms. The van der Waals surface area contributed by atoms with Crippen molar-refractivity contribution in [2.75, 3.05) is 33.9 Å². The normalized spacial score (nSPS) is 22.3. The Bertz CT molecular complexity index is 886. The Morgan fingerprint density at radius 1 is 1.19 bits per heavy atom. The van der Waals surface area contributed by atoms with Crippen molar-refractivity contribution >= 4 is 5.91 Å². The number of benzene rings is 1. The number of amides is 1. The lowest BCUT2D eigenvalue weighted by Crippen LogP contribution is -2.45. The molecule has 3 heterocycles. The molecular weight excluding hydrogens is 406 g/mol. The predicted octanol–water partition coefficient (Wildman–Crippen LogP) is 3.35. The van der Waals surface area contributed by atoms with Gasteiger partial charge in [0.25, 0.3) is 0 Å². The van der Waals surface area contributed by atoms with Crippen LogP contribution in [0.2, 0.25) is 0 Å². The molecule has 2 aliphatic heterocycles. The smallest absolute Gasteiger partial charge is 0.249 e. The zero-order chi connectivity index (χ0) is 22.3. The van der Waals surface area contributed by atoms with Gasteiger partial charge in [-0.2, -0.15) is 0 Å². The molecule has 2 fully saturated rings. The third-order valence-electron chi connectivity index (χ3n) is 6.39.